The maximum Gasteiger partial charge on any atom is 0.416 e. The van der Waals surface area contributed by atoms with Gasteiger partial charge in [-0.25, -0.2) is 0 Å². The molecule has 1 N–H and O–H groups in total. The van der Waals surface area contributed by atoms with E-state index in [-0.39, 0.29) is 5.75 Å². The third-order valence-corrected chi connectivity index (χ3v) is 4.84. The molecule has 0 atom stereocenters. The third kappa shape index (κ3) is 4.46. The number of aromatic hydroxyl groups is 1. The van der Waals surface area contributed by atoms with Crippen LogP contribution < -0.4 is 4.90 Å². The van der Waals surface area contributed by atoms with Crippen molar-refractivity contribution in [2.75, 3.05) is 31.1 Å². The highest BCUT2D eigenvalue weighted by molar-refractivity contribution is 9.10. The summed E-state index contributed by atoms with van der Waals surface area (Å²) in [5, 5.41) is 9.94. The first kappa shape index (κ1) is 18.1. The zero-order valence-electron chi connectivity index (χ0n) is 13.4. The number of rotatable bonds is 3. The van der Waals surface area contributed by atoms with Crippen molar-refractivity contribution in [3.05, 3.63) is 58.1 Å². The van der Waals surface area contributed by atoms with Crippen molar-refractivity contribution in [2.24, 2.45) is 0 Å². The number of halogens is 4. The van der Waals surface area contributed by atoms with Gasteiger partial charge in [-0.2, -0.15) is 13.2 Å². The topological polar surface area (TPSA) is 26.7 Å². The number of piperazine rings is 1. The van der Waals surface area contributed by atoms with Crippen LogP contribution in [0.25, 0.3) is 0 Å². The van der Waals surface area contributed by atoms with E-state index in [0.717, 1.165) is 29.2 Å². The summed E-state index contributed by atoms with van der Waals surface area (Å²) in [5.41, 5.74) is 0.813. The Labute approximate surface area is 152 Å². The number of hydrogen-bond donors (Lipinski definition) is 1. The predicted octanol–water partition coefficient (Wildman–Crippen LogP) is 4.50. The normalized spacial score (nSPS) is 16.2. The second-order valence-corrected chi connectivity index (χ2v) is 7.00. The molecule has 0 spiro atoms. The first-order valence-electron chi connectivity index (χ1n) is 7.95. The summed E-state index contributed by atoms with van der Waals surface area (Å²) in [6.45, 7) is 3.36. The minimum atomic E-state index is -4.32. The average Bonchev–Trinajstić information content (AvgIpc) is 2.58. The van der Waals surface area contributed by atoms with E-state index in [2.05, 4.69) is 20.8 Å². The van der Waals surface area contributed by atoms with Crippen molar-refractivity contribution in [1.82, 2.24) is 4.90 Å². The molecule has 25 heavy (non-hydrogen) atoms. The Morgan fingerprint density at radius 2 is 1.72 bits per heavy atom. The molecule has 2 aromatic carbocycles. The lowest BCUT2D eigenvalue weighted by atomic mass is 10.1. The van der Waals surface area contributed by atoms with Gasteiger partial charge in [0.2, 0.25) is 0 Å². The molecule has 1 aliphatic rings. The van der Waals surface area contributed by atoms with Gasteiger partial charge in [-0.3, -0.25) is 4.90 Å². The van der Waals surface area contributed by atoms with Gasteiger partial charge in [0.05, 0.1) is 5.56 Å². The first-order valence-corrected chi connectivity index (χ1v) is 8.74. The molecule has 0 unspecified atom stereocenters. The molecule has 3 rings (SSSR count). The van der Waals surface area contributed by atoms with Crippen LogP contribution in [0.15, 0.2) is 46.9 Å². The molecule has 0 saturated carbocycles. The Kier molecular flexibility index (Phi) is 5.24. The van der Waals surface area contributed by atoms with E-state index in [0.29, 0.717) is 25.3 Å². The molecule has 7 heteroatoms. The van der Waals surface area contributed by atoms with E-state index in [4.69, 9.17) is 0 Å². The van der Waals surface area contributed by atoms with Crippen LogP contribution in [-0.4, -0.2) is 36.2 Å². The zero-order valence-corrected chi connectivity index (χ0v) is 15.0. The zero-order chi connectivity index (χ0) is 18.0. The lowest BCUT2D eigenvalue weighted by Gasteiger charge is -2.36. The highest BCUT2D eigenvalue weighted by Gasteiger charge is 2.31. The van der Waals surface area contributed by atoms with E-state index in [1.165, 1.54) is 12.1 Å². The molecule has 2 aromatic rings. The summed E-state index contributed by atoms with van der Waals surface area (Å²) >= 11 is 3.39. The van der Waals surface area contributed by atoms with Gasteiger partial charge in [-0.15, -0.1) is 0 Å². The SMILES string of the molecule is Oc1ccc(Br)cc1CN1CCN(c2cccc(C(F)(F)F)c2)CC1. The fraction of sp³-hybridized carbons (Fsp3) is 0.333. The van der Waals surface area contributed by atoms with E-state index < -0.39 is 11.7 Å². The van der Waals surface area contributed by atoms with Crippen LogP contribution in [0, 0.1) is 0 Å². The number of nitrogens with zero attached hydrogens (tertiary/aromatic N) is 2. The van der Waals surface area contributed by atoms with Gasteiger partial charge in [0.15, 0.2) is 0 Å². The minimum Gasteiger partial charge on any atom is -0.508 e. The molecule has 1 heterocycles. The molecule has 0 aliphatic carbocycles. The Hall–Kier alpha value is -1.73. The molecular weight excluding hydrogens is 397 g/mol. The number of alkyl halides is 3. The summed E-state index contributed by atoms with van der Waals surface area (Å²) in [4.78, 5) is 4.15. The second-order valence-electron chi connectivity index (χ2n) is 6.08. The number of phenols is 1. The average molecular weight is 415 g/mol. The van der Waals surface area contributed by atoms with Crippen LogP contribution in [0.1, 0.15) is 11.1 Å². The summed E-state index contributed by atoms with van der Waals surface area (Å²) in [7, 11) is 0. The van der Waals surface area contributed by atoms with Gasteiger partial charge in [0, 0.05) is 48.4 Å². The Bertz CT molecular complexity index is 743. The lowest BCUT2D eigenvalue weighted by molar-refractivity contribution is -0.137. The molecular formula is C18H18BrF3N2O. The number of anilines is 1. The number of phenolic OH excluding ortho intramolecular Hbond substituents is 1. The van der Waals surface area contributed by atoms with Crippen molar-refractivity contribution in [3.63, 3.8) is 0 Å². The van der Waals surface area contributed by atoms with Crippen LogP contribution in [0.3, 0.4) is 0 Å². The summed E-state index contributed by atoms with van der Waals surface area (Å²) in [6.07, 6.45) is -4.32. The molecule has 1 saturated heterocycles. The van der Waals surface area contributed by atoms with Crippen molar-refractivity contribution in [2.45, 2.75) is 12.7 Å². The van der Waals surface area contributed by atoms with Crippen molar-refractivity contribution < 1.29 is 18.3 Å². The predicted molar refractivity (Wildman–Crippen MR) is 94.7 cm³/mol. The van der Waals surface area contributed by atoms with Crippen LogP contribution in [0.5, 0.6) is 5.75 Å². The van der Waals surface area contributed by atoms with Crippen molar-refractivity contribution in [1.29, 1.82) is 0 Å². The van der Waals surface area contributed by atoms with E-state index in [9.17, 15) is 18.3 Å². The van der Waals surface area contributed by atoms with Crippen molar-refractivity contribution >= 4 is 21.6 Å². The molecule has 1 fully saturated rings. The Morgan fingerprint density at radius 3 is 2.40 bits per heavy atom. The summed E-state index contributed by atoms with van der Waals surface area (Å²) in [5.74, 6) is 0.253. The van der Waals surface area contributed by atoms with Crippen LogP contribution in [0.2, 0.25) is 0 Å². The van der Waals surface area contributed by atoms with Gasteiger partial charge in [0.25, 0.3) is 0 Å². The standard InChI is InChI=1S/C18H18BrF3N2O/c19-15-4-5-17(25)13(10-15)12-23-6-8-24(9-7-23)16-3-1-2-14(11-16)18(20,21)22/h1-5,10-11,25H,6-9,12H2. The molecule has 0 radical (unpaired) electrons. The molecule has 0 bridgehead atoms. The van der Waals surface area contributed by atoms with Gasteiger partial charge >= 0.3 is 6.18 Å². The maximum absolute atomic E-state index is 12.9. The van der Waals surface area contributed by atoms with E-state index in [1.54, 1.807) is 18.2 Å². The monoisotopic (exact) mass is 414 g/mol. The second kappa shape index (κ2) is 7.25. The minimum absolute atomic E-state index is 0.253. The fourth-order valence-corrected chi connectivity index (χ4v) is 3.37. The van der Waals surface area contributed by atoms with E-state index in [1.807, 2.05) is 11.0 Å². The van der Waals surface area contributed by atoms with Crippen LogP contribution in [0.4, 0.5) is 18.9 Å². The maximum atomic E-state index is 12.9. The third-order valence-electron chi connectivity index (χ3n) is 4.35. The van der Waals surface area contributed by atoms with Gasteiger partial charge in [0.1, 0.15) is 5.75 Å². The highest BCUT2D eigenvalue weighted by atomic mass is 79.9. The van der Waals surface area contributed by atoms with Crippen LogP contribution in [-0.2, 0) is 12.7 Å². The Balaban J connectivity index is 1.63. The summed E-state index contributed by atoms with van der Waals surface area (Å²) in [6, 6.07) is 10.8. The highest BCUT2D eigenvalue weighted by Crippen LogP contribution is 2.32. The summed E-state index contributed by atoms with van der Waals surface area (Å²) < 4.78 is 39.5. The van der Waals surface area contributed by atoms with Crippen molar-refractivity contribution in [3.8, 4) is 5.75 Å². The quantitative estimate of drug-likeness (QED) is 0.800. The lowest BCUT2D eigenvalue weighted by Crippen LogP contribution is -2.46. The molecule has 134 valence electrons. The molecule has 0 aromatic heterocycles. The van der Waals surface area contributed by atoms with Gasteiger partial charge in [-0.05, 0) is 36.4 Å². The molecule has 3 nitrogen and oxygen atoms in total. The fourth-order valence-electron chi connectivity index (χ4n) is 2.96. The smallest absolute Gasteiger partial charge is 0.416 e. The van der Waals surface area contributed by atoms with Gasteiger partial charge < -0.3 is 10.0 Å². The molecule has 1 aliphatic heterocycles. The van der Waals surface area contributed by atoms with Gasteiger partial charge in [-0.1, -0.05) is 22.0 Å². The molecule has 0 amide bonds. The number of benzene rings is 2. The number of hydrogen-bond acceptors (Lipinski definition) is 3. The van der Waals surface area contributed by atoms with Crippen LogP contribution >= 0.6 is 15.9 Å². The Morgan fingerprint density at radius 1 is 1.00 bits per heavy atom. The first-order chi connectivity index (χ1) is 11.8. The van der Waals surface area contributed by atoms with E-state index >= 15 is 0 Å². The largest absolute Gasteiger partial charge is 0.508 e.